The lowest BCUT2D eigenvalue weighted by Gasteiger charge is -2.51. The fourth-order valence-corrected chi connectivity index (χ4v) is 5.28. The van der Waals surface area contributed by atoms with E-state index in [-0.39, 0.29) is 5.82 Å². The molecule has 3 atom stereocenters. The maximum absolute atomic E-state index is 13.4. The van der Waals surface area contributed by atoms with Gasteiger partial charge in [0.25, 0.3) is 0 Å². The summed E-state index contributed by atoms with van der Waals surface area (Å²) in [4.78, 5) is 13.8. The van der Waals surface area contributed by atoms with Crippen molar-refractivity contribution in [3.05, 3.63) is 48.0 Å². The monoisotopic (exact) mass is 354 g/mol. The third-order valence-electron chi connectivity index (χ3n) is 6.42. The zero-order chi connectivity index (χ0) is 17.7. The number of piperidine rings is 3. The standard InChI is InChI=1S/C20H23FN4O/c1-26-18-10-17(22-12-23-18)25-11-16(13-2-4-15(21)5-3-13)20-19(25)14-6-8-24(20)9-7-14/h2-5,10,12,14,16,19-20H,6-9,11H2,1H3/t16-,19+,20+/m0/s1. The van der Waals surface area contributed by atoms with Gasteiger partial charge in [0, 0.05) is 30.6 Å². The van der Waals surface area contributed by atoms with E-state index in [1.165, 1.54) is 31.5 Å². The fourth-order valence-electron chi connectivity index (χ4n) is 5.28. The van der Waals surface area contributed by atoms with Crippen LogP contribution in [0.4, 0.5) is 10.2 Å². The summed E-state index contributed by atoms with van der Waals surface area (Å²) in [5.74, 6) is 2.41. The lowest BCUT2D eigenvalue weighted by atomic mass is 9.75. The number of halogens is 1. The minimum atomic E-state index is -0.175. The highest BCUT2D eigenvalue weighted by atomic mass is 19.1. The second kappa shape index (κ2) is 6.20. The molecule has 0 saturated carbocycles. The molecule has 0 N–H and O–H groups in total. The Morgan fingerprint density at radius 2 is 1.85 bits per heavy atom. The zero-order valence-electron chi connectivity index (χ0n) is 14.9. The predicted molar refractivity (Wildman–Crippen MR) is 96.9 cm³/mol. The van der Waals surface area contributed by atoms with Crippen molar-refractivity contribution in [2.45, 2.75) is 30.8 Å². The summed E-state index contributed by atoms with van der Waals surface area (Å²) in [7, 11) is 1.63. The predicted octanol–water partition coefficient (Wildman–Crippen LogP) is 2.69. The topological polar surface area (TPSA) is 41.5 Å². The molecule has 0 radical (unpaired) electrons. The average Bonchev–Trinajstić information content (AvgIpc) is 3.12. The van der Waals surface area contributed by atoms with Gasteiger partial charge in [0.2, 0.25) is 5.88 Å². The van der Waals surface area contributed by atoms with Crippen LogP contribution in [0.15, 0.2) is 36.7 Å². The largest absolute Gasteiger partial charge is 0.481 e. The molecule has 0 unspecified atom stereocenters. The molecule has 6 rings (SSSR count). The number of hydrogen-bond donors (Lipinski definition) is 0. The molecular weight excluding hydrogens is 331 g/mol. The highest BCUT2D eigenvalue weighted by molar-refractivity contribution is 5.48. The maximum Gasteiger partial charge on any atom is 0.218 e. The molecule has 0 amide bonds. The van der Waals surface area contributed by atoms with Crippen molar-refractivity contribution in [1.82, 2.24) is 14.9 Å². The molecule has 2 aromatic rings. The lowest BCUT2D eigenvalue weighted by molar-refractivity contribution is 0.0354. The summed E-state index contributed by atoms with van der Waals surface area (Å²) in [6.07, 6.45) is 4.07. The Morgan fingerprint density at radius 3 is 2.58 bits per heavy atom. The number of hydrogen-bond acceptors (Lipinski definition) is 5. The molecule has 2 bridgehead atoms. The molecule has 136 valence electrons. The average molecular weight is 354 g/mol. The van der Waals surface area contributed by atoms with E-state index in [2.05, 4.69) is 19.8 Å². The molecule has 4 aliphatic heterocycles. The summed E-state index contributed by atoms with van der Waals surface area (Å²) in [6, 6.07) is 9.91. The molecule has 6 heteroatoms. The van der Waals surface area contributed by atoms with Gasteiger partial charge in [-0.1, -0.05) is 12.1 Å². The Balaban J connectivity index is 1.55. The number of fused-ring (bicyclic) bond motifs is 2. The molecule has 4 saturated heterocycles. The highest BCUT2D eigenvalue weighted by Crippen LogP contribution is 2.47. The summed E-state index contributed by atoms with van der Waals surface area (Å²) in [5.41, 5.74) is 1.22. The third-order valence-corrected chi connectivity index (χ3v) is 6.42. The summed E-state index contributed by atoms with van der Waals surface area (Å²) >= 11 is 0. The van der Waals surface area contributed by atoms with Gasteiger partial charge in [-0.05, 0) is 49.5 Å². The van der Waals surface area contributed by atoms with Crippen molar-refractivity contribution >= 4 is 5.82 Å². The first-order valence-corrected chi connectivity index (χ1v) is 9.37. The Kier molecular flexibility index (Phi) is 3.81. The molecule has 5 nitrogen and oxygen atoms in total. The first-order valence-electron chi connectivity index (χ1n) is 9.37. The number of methoxy groups -OCH3 is 1. The second-order valence-electron chi connectivity index (χ2n) is 7.58. The maximum atomic E-state index is 13.4. The van der Waals surface area contributed by atoms with Crippen LogP contribution in [0.25, 0.3) is 0 Å². The molecule has 4 fully saturated rings. The van der Waals surface area contributed by atoms with Gasteiger partial charge in [0.15, 0.2) is 0 Å². The lowest BCUT2D eigenvalue weighted by Crippen LogP contribution is -2.60. The molecule has 1 aromatic heterocycles. The van der Waals surface area contributed by atoms with E-state index < -0.39 is 0 Å². The summed E-state index contributed by atoms with van der Waals surface area (Å²) in [6.45, 7) is 3.24. The van der Waals surface area contributed by atoms with E-state index in [0.717, 1.165) is 12.4 Å². The Morgan fingerprint density at radius 1 is 1.08 bits per heavy atom. The van der Waals surface area contributed by atoms with E-state index in [1.54, 1.807) is 25.6 Å². The molecule has 4 aliphatic rings. The van der Waals surface area contributed by atoms with E-state index in [0.29, 0.717) is 29.8 Å². The minimum Gasteiger partial charge on any atom is -0.481 e. The van der Waals surface area contributed by atoms with Gasteiger partial charge in [0.05, 0.1) is 7.11 Å². The molecule has 5 heterocycles. The number of rotatable bonds is 3. The molecule has 0 aliphatic carbocycles. The molecule has 1 aromatic carbocycles. The SMILES string of the molecule is COc1cc(N2C[C@@H](c3ccc(F)cc3)[C@@H]3[C@H]2C2CCN3CC2)ncn1. The van der Waals surface area contributed by atoms with Gasteiger partial charge in [-0.15, -0.1) is 0 Å². The van der Waals surface area contributed by atoms with Crippen LogP contribution >= 0.6 is 0 Å². The summed E-state index contributed by atoms with van der Waals surface area (Å²) < 4.78 is 18.7. The second-order valence-corrected chi connectivity index (χ2v) is 7.58. The normalized spacial score (nSPS) is 32.5. The van der Waals surface area contributed by atoms with Gasteiger partial charge >= 0.3 is 0 Å². The van der Waals surface area contributed by atoms with Crippen molar-refractivity contribution in [3.8, 4) is 5.88 Å². The van der Waals surface area contributed by atoms with Crippen LogP contribution < -0.4 is 9.64 Å². The third kappa shape index (κ3) is 2.47. The van der Waals surface area contributed by atoms with Crippen molar-refractivity contribution in [3.63, 3.8) is 0 Å². The van der Waals surface area contributed by atoms with Gasteiger partial charge < -0.3 is 9.64 Å². The number of ether oxygens (including phenoxy) is 1. The van der Waals surface area contributed by atoms with Crippen molar-refractivity contribution in [2.75, 3.05) is 31.6 Å². The molecule has 26 heavy (non-hydrogen) atoms. The highest BCUT2D eigenvalue weighted by Gasteiger charge is 2.53. The number of aromatic nitrogens is 2. The van der Waals surface area contributed by atoms with Crippen LogP contribution in [-0.4, -0.2) is 53.7 Å². The Hall–Kier alpha value is -2.21. The van der Waals surface area contributed by atoms with E-state index in [1.807, 2.05) is 18.2 Å². The zero-order valence-corrected chi connectivity index (χ0v) is 14.9. The first-order chi connectivity index (χ1) is 12.7. The summed E-state index contributed by atoms with van der Waals surface area (Å²) in [5, 5.41) is 0. The van der Waals surface area contributed by atoms with Crippen LogP contribution in [0.5, 0.6) is 5.88 Å². The van der Waals surface area contributed by atoms with Crippen LogP contribution in [0.3, 0.4) is 0 Å². The van der Waals surface area contributed by atoms with Gasteiger partial charge in [-0.25, -0.2) is 14.4 Å². The fraction of sp³-hybridized carbons (Fsp3) is 0.500. The van der Waals surface area contributed by atoms with Crippen LogP contribution in [0, 0.1) is 11.7 Å². The number of anilines is 1. The Labute approximate surface area is 152 Å². The first kappa shape index (κ1) is 16.0. The van der Waals surface area contributed by atoms with Gasteiger partial charge in [-0.2, -0.15) is 0 Å². The van der Waals surface area contributed by atoms with Crippen LogP contribution in [0.1, 0.15) is 24.3 Å². The van der Waals surface area contributed by atoms with Crippen LogP contribution in [0.2, 0.25) is 0 Å². The molecular formula is C20H23FN4O. The quantitative estimate of drug-likeness (QED) is 0.848. The Bertz CT molecular complexity index is 791. The van der Waals surface area contributed by atoms with Crippen molar-refractivity contribution in [2.24, 2.45) is 5.92 Å². The van der Waals surface area contributed by atoms with Crippen molar-refractivity contribution < 1.29 is 9.13 Å². The van der Waals surface area contributed by atoms with Crippen molar-refractivity contribution in [1.29, 1.82) is 0 Å². The minimum absolute atomic E-state index is 0.175. The van der Waals surface area contributed by atoms with E-state index in [4.69, 9.17) is 4.74 Å². The number of nitrogens with zero attached hydrogens (tertiary/aromatic N) is 4. The van der Waals surface area contributed by atoms with Gasteiger partial charge in [0.1, 0.15) is 18.0 Å². The number of benzene rings is 1. The van der Waals surface area contributed by atoms with E-state index in [9.17, 15) is 4.39 Å². The van der Waals surface area contributed by atoms with E-state index >= 15 is 0 Å². The van der Waals surface area contributed by atoms with Gasteiger partial charge in [-0.3, -0.25) is 4.90 Å². The molecule has 0 spiro atoms. The van der Waals surface area contributed by atoms with Crippen LogP contribution in [-0.2, 0) is 0 Å². The smallest absolute Gasteiger partial charge is 0.218 e.